The number of halogens is 1. The van der Waals surface area contributed by atoms with E-state index in [2.05, 4.69) is 15.2 Å². The van der Waals surface area contributed by atoms with Gasteiger partial charge in [0.15, 0.2) is 10.8 Å². The van der Waals surface area contributed by atoms with Crippen LogP contribution in [0.2, 0.25) is 5.15 Å². The molecule has 0 saturated heterocycles. The van der Waals surface area contributed by atoms with Crippen LogP contribution in [-0.4, -0.2) is 19.6 Å². The van der Waals surface area contributed by atoms with Gasteiger partial charge in [-0.2, -0.15) is 0 Å². The molecule has 0 amide bonds. The monoisotopic (exact) mass is 248 g/mol. The molecule has 2 aromatic rings. The van der Waals surface area contributed by atoms with E-state index in [0.29, 0.717) is 16.7 Å². The normalized spacial score (nSPS) is 31.5. The fourth-order valence-corrected chi connectivity index (χ4v) is 3.36. The molecular formula is C12H13ClN4. The average Bonchev–Trinajstić information content (AvgIpc) is 2.98. The first-order valence-corrected chi connectivity index (χ1v) is 6.56. The molecule has 2 aliphatic rings. The lowest BCUT2D eigenvalue weighted by molar-refractivity contribution is 0.408. The molecular weight excluding hydrogens is 236 g/mol. The second-order valence-electron chi connectivity index (χ2n) is 5.24. The molecule has 2 saturated carbocycles. The highest BCUT2D eigenvalue weighted by Crippen LogP contribution is 2.53. The number of nitrogens with zero attached hydrogens (tertiary/aromatic N) is 4. The quantitative estimate of drug-likeness (QED) is 0.779. The van der Waals surface area contributed by atoms with Gasteiger partial charge < -0.3 is 0 Å². The zero-order valence-electron chi connectivity index (χ0n) is 9.38. The predicted molar refractivity (Wildman–Crippen MR) is 64.0 cm³/mol. The Labute approximate surface area is 104 Å². The molecule has 5 heteroatoms. The summed E-state index contributed by atoms with van der Waals surface area (Å²) in [6.07, 6.45) is 8.91. The lowest BCUT2D eigenvalue weighted by Crippen LogP contribution is -2.10. The van der Waals surface area contributed by atoms with Gasteiger partial charge in [0.25, 0.3) is 0 Å². The molecule has 4 nitrogen and oxygen atoms in total. The van der Waals surface area contributed by atoms with Gasteiger partial charge in [-0.05, 0) is 37.5 Å². The SMILES string of the molecule is Clc1nccn2c(C3CCC4CC4C3)nnc12. The molecule has 17 heavy (non-hydrogen) atoms. The third-order valence-corrected chi connectivity index (χ3v) is 4.48. The highest BCUT2D eigenvalue weighted by molar-refractivity contribution is 6.32. The van der Waals surface area contributed by atoms with Crippen LogP contribution >= 0.6 is 11.6 Å². The molecule has 0 spiro atoms. The summed E-state index contributed by atoms with van der Waals surface area (Å²) in [7, 11) is 0. The minimum Gasteiger partial charge on any atom is -0.282 e. The van der Waals surface area contributed by atoms with Crippen LogP contribution in [0.3, 0.4) is 0 Å². The van der Waals surface area contributed by atoms with Crippen molar-refractivity contribution in [2.45, 2.75) is 31.6 Å². The van der Waals surface area contributed by atoms with E-state index in [1.165, 1.54) is 25.7 Å². The van der Waals surface area contributed by atoms with Crippen molar-refractivity contribution in [3.05, 3.63) is 23.4 Å². The van der Waals surface area contributed by atoms with Gasteiger partial charge in [-0.15, -0.1) is 10.2 Å². The van der Waals surface area contributed by atoms with Crippen LogP contribution in [0.1, 0.15) is 37.4 Å². The van der Waals surface area contributed by atoms with E-state index in [4.69, 9.17) is 11.6 Å². The van der Waals surface area contributed by atoms with E-state index in [1.54, 1.807) is 6.20 Å². The zero-order chi connectivity index (χ0) is 11.4. The fraction of sp³-hybridized carbons (Fsp3) is 0.583. The Kier molecular flexibility index (Phi) is 1.98. The predicted octanol–water partition coefficient (Wildman–Crippen LogP) is 2.68. The zero-order valence-corrected chi connectivity index (χ0v) is 10.1. The van der Waals surface area contributed by atoms with Crippen LogP contribution < -0.4 is 0 Å². The van der Waals surface area contributed by atoms with E-state index in [0.717, 1.165) is 17.7 Å². The molecule has 2 aliphatic carbocycles. The van der Waals surface area contributed by atoms with Crippen LogP contribution in [0, 0.1) is 11.8 Å². The molecule has 2 fully saturated rings. The van der Waals surface area contributed by atoms with Gasteiger partial charge in [0.2, 0.25) is 0 Å². The Morgan fingerprint density at radius 1 is 1.18 bits per heavy atom. The van der Waals surface area contributed by atoms with E-state index in [-0.39, 0.29) is 0 Å². The third-order valence-electron chi connectivity index (χ3n) is 4.22. The maximum absolute atomic E-state index is 6.01. The highest BCUT2D eigenvalue weighted by atomic mass is 35.5. The van der Waals surface area contributed by atoms with Crippen molar-refractivity contribution in [3.63, 3.8) is 0 Å². The lowest BCUT2D eigenvalue weighted by atomic mass is 9.89. The first-order valence-electron chi connectivity index (χ1n) is 6.18. The first-order chi connectivity index (χ1) is 8.33. The van der Waals surface area contributed by atoms with Crippen molar-refractivity contribution in [2.75, 3.05) is 0 Å². The van der Waals surface area contributed by atoms with Crippen molar-refractivity contribution in [1.82, 2.24) is 19.6 Å². The van der Waals surface area contributed by atoms with Gasteiger partial charge >= 0.3 is 0 Å². The Morgan fingerprint density at radius 2 is 2.12 bits per heavy atom. The van der Waals surface area contributed by atoms with Crippen LogP contribution in [0.5, 0.6) is 0 Å². The molecule has 0 radical (unpaired) electrons. The fourth-order valence-electron chi connectivity index (χ4n) is 3.18. The van der Waals surface area contributed by atoms with Gasteiger partial charge in [0.05, 0.1) is 0 Å². The molecule has 3 atom stereocenters. The van der Waals surface area contributed by atoms with Gasteiger partial charge in [-0.1, -0.05) is 11.6 Å². The average molecular weight is 249 g/mol. The van der Waals surface area contributed by atoms with Crippen LogP contribution in [-0.2, 0) is 0 Å². The van der Waals surface area contributed by atoms with Crippen molar-refractivity contribution < 1.29 is 0 Å². The minimum atomic E-state index is 0.436. The van der Waals surface area contributed by atoms with Crippen molar-refractivity contribution >= 4 is 17.2 Å². The first kappa shape index (κ1) is 9.83. The Balaban J connectivity index is 1.77. The van der Waals surface area contributed by atoms with Crippen LogP contribution in [0.15, 0.2) is 12.4 Å². The summed E-state index contributed by atoms with van der Waals surface area (Å²) < 4.78 is 2.00. The number of hydrogen-bond donors (Lipinski definition) is 0. The van der Waals surface area contributed by atoms with E-state index in [1.807, 2.05) is 10.6 Å². The summed E-state index contributed by atoms with van der Waals surface area (Å²) in [5, 5.41) is 8.91. The van der Waals surface area contributed by atoms with Crippen molar-refractivity contribution in [3.8, 4) is 0 Å². The second kappa shape index (κ2) is 3.42. The van der Waals surface area contributed by atoms with Gasteiger partial charge in [0, 0.05) is 18.3 Å². The van der Waals surface area contributed by atoms with Crippen LogP contribution in [0.25, 0.3) is 5.65 Å². The Hall–Kier alpha value is -1.16. The molecule has 0 bridgehead atoms. The molecule has 2 heterocycles. The summed E-state index contributed by atoms with van der Waals surface area (Å²) in [4.78, 5) is 4.03. The molecule has 4 rings (SSSR count). The highest BCUT2D eigenvalue weighted by Gasteiger charge is 2.43. The number of fused-ring (bicyclic) bond motifs is 2. The number of hydrogen-bond acceptors (Lipinski definition) is 3. The lowest BCUT2D eigenvalue weighted by Gasteiger charge is -2.19. The van der Waals surface area contributed by atoms with E-state index < -0.39 is 0 Å². The smallest absolute Gasteiger partial charge is 0.198 e. The van der Waals surface area contributed by atoms with E-state index >= 15 is 0 Å². The summed E-state index contributed by atoms with van der Waals surface area (Å²) in [6, 6.07) is 0. The molecule has 3 unspecified atom stereocenters. The second-order valence-corrected chi connectivity index (χ2v) is 5.59. The largest absolute Gasteiger partial charge is 0.282 e. The molecule has 2 aromatic heterocycles. The van der Waals surface area contributed by atoms with Crippen molar-refractivity contribution in [1.29, 1.82) is 0 Å². The van der Waals surface area contributed by atoms with Crippen molar-refractivity contribution in [2.24, 2.45) is 11.8 Å². The number of rotatable bonds is 1. The Bertz CT molecular complexity index is 579. The standard InChI is InChI=1S/C12H13ClN4/c13-10-12-16-15-11(17(12)4-3-14-10)8-2-1-7-5-9(7)6-8/h3-4,7-9H,1-2,5-6H2. The molecule has 0 N–H and O–H groups in total. The summed E-state index contributed by atoms with van der Waals surface area (Å²) in [5.41, 5.74) is 0.682. The number of aromatic nitrogens is 4. The topological polar surface area (TPSA) is 43.1 Å². The Morgan fingerprint density at radius 3 is 3.00 bits per heavy atom. The molecule has 0 aliphatic heterocycles. The maximum atomic E-state index is 6.01. The maximum Gasteiger partial charge on any atom is 0.198 e. The molecule has 88 valence electrons. The minimum absolute atomic E-state index is 0.436. The summed E-state index contributed by atoms with van der Waals surface area (Å²) >= 11 is 6.01. The van der Waals surface area contributed by atoms with Gasteiger partial charge in [-0.3, -0.25) is 4.40 Å². The van der Waals surface area contributed by atoms with Gasteiger partial charge in [-0.25, -0.2) is 4.98 Å². The third kappa shape index (κ3) is 1.47. The summed E-state index contributed by atoms with van der Waals surface area (Å²) in [6.45, 7) is 0. The van der Waals surface area contributed by atoms with Crippen LogP contribution in [0.4, 0.5) is 0 Å². The van der Waals surface area contributed by atoms with Gasteiger partial charge in [0.1, 0.15) is 5.82 Å². The summed E-state index contributed by atoms with van der Waals surface area (Å²) in [5.74, 6) is 3.57. The molecule has 0 aromatic carbocycles. The van der Waals surface area contributed by atoms with E-state index in [9.17, 15) is 0 Å².